The van der Waals surface area contributed by atoms with E-state index in [0.717, 1.165) is 25.2 Å². The fourth-order valence-corrected chi connectivity index (χ4v) is 3.08. The molecule has 7 heteroatoms. The van der Waals surface area contributed by atoms with Crippen molar-refractivity contribution in [1.82, 2.24) is 20.1 Å². The number of aromatic nitrogens is 2. The van der Waals surface area contributed by atoms with Crippen LogP contribution in [0.1, 0.15) is 16.6 Å². The van der Waals surface area contributed by atoms with Gasteiger partial charge >= 0.3 is 0 Å². The van der Waals surface area contributed by atoms with Crippen molar-refractivity contribution in [3.63, 3.8) is 0 Å². The number of halogens is 1. The van der Waals surface area contributed by atoms with Gasteiger partial charge in [0.05, 0.1) is 29.5 Å². The van der Waals surface area contributed by atoms with E-state index in [1.165, 1.54) is 4.88 Å². The zero-order valence-corrected chi connectivity index (χ0v) is 13.3. The quantitative estimate of drug-likeness (QED) is 0.605. The number of nitrogens with one attached hydrogen (secondary N) is 1. The van der Waals surface area contributed by atoms with Crippen LogP contribution in [0.25, 0.3) is 0 Å². The molecule has 2 heterocycles. The first-order chi connectivity index (χ1) is 9.61. The second-order valence-electron chi connectivity index (χ2n) is 4.91. The lowest BCUT2D eigenvalue weighted by Crippen LogP contribution is -2.32. The lowest BCUT2D eigenvalue weighted by molar-refractivity contribution is 0.362. The van der Waals surface area contributed by atoms with Crippen LogP contribution < -0.4 is 11.3 Å². The van der Waals surface area contributed by atoms with Crippen LogP contribution in [-0.2, 0) is 13.0 Å². The first-order valence-corrected chi connectivity index (χ1v) is 7.72. The minimum absolute atomic E-state index is 0.0363. The van der Waals surface area contributed by atoms with E-state index in [-0.39, 0.29) is 6.04 Å². The molecule has 0 fully saturated rings. The molecular weight excluding hydrogens is 294 g/mol. The minimum Gasteiger partial charge on any atom is -0.308 e. The fraction of sp³-hybridized carbons (Fsp3) is 0.462. The molecule has 0 spiro atoms. The van der Waals surface area contributed by atoms with Gasteiger partial charge in [-0.3, -0.25) is 16.0 Å². The Morgan fingerprint density at radius 2 is 2.35 bits per heavy atom. The minimum atomic E-state index is -0.0363. The van der Waals surface area contributed by atoms with E-state index in [1.54, 1.807) is 17.5 Å². The molecular formula is C13H20ClN5S. The molecule has 5 nitrogen and oxygen atoms in total. The molecule has 0 amide bonds. The van der Waals surface area contributed by atoms with Gasteiger partial charge in [0, 0.05) is 17.8 Å². The number of hydrazine groups is 1. The highest BCUT2D eigenvalue weighted by Crippen LogP contribution is 2.26. The van der Waals surface area contributed by atoms with E-state index < -0.39 is 0 Å². The van der Waals surface area contributed by atoms with Crippen LogP contribution in [0.4, 0.5) is 0 Å². The van der Waals surface area contributed by atoms with Gasteiger partial charge in [-0.1, -0.05) is 17.7 Å². The van der Waals surface area contributed by atoms with Gasteiger partial charge in [-0.05, 0) is 25.5 Å². The van der Waals surface area contributed by atoms with Crippen LogP contribution in [0.5, 0.6) is 0 Å². The Kier molecular flexibility index (Phi) is 5.56. The Labute approximate surface area is 128 Å². The highest BCUT2D eigenvalue weighted by molar-refractivity contribution is 7.09. The van der Waals surface area contributed by atoms with Crippen molar-refractivity contribution >= 4 is 22.9 Å². The van der Waals surface area contributed by atoms with Crippen molar-refractivity contribution in [2.45, 2.75) is 19.0 Å². The molecule has 0 aliphatic rings. The molecule has 2 aromatic heterocycles. The number of hydrogen-bond donors (Lipinski definition) is 2. The molecule has 2 rings (SSSR count). The molecule has 2 aromatic rings. The number of thiophene rings is 1. The second-order valence-corrected chi connectivity index (χ2v) is 6.35. The third-order valence-electron chi connectivity index (χ3n) is 3.11. The maximum absolute atomic E-state index is 6.28. The van der Waals surface area contributed by atoms with E-state index in [2.05, 4.69) is 26.9 Å². The summed E-state index contributed by atoms with van der Waals surface area (Å²) in [5.41, 5.74) is 3.81. The average molecular weight is 314 g/mol. The molecule has 1 atom stereocenters. The van der Waals surface area contributed by atoms with Crippen molar-refractivity contribution in [3.05, 3.63) is 39.3 Å². The third kappa shape index (κ3) is 3.80. The summed E-state index contributed by atoms with van der Waals surface area (Å²) in [5.74, 6) is 5.72. The smallest absolute Gasteiger partial charge is 0.0834 e. The summed E-state index contributed by atoms with van der Waals surface area (Å²) < 4.78 is 1.93. The number of rotatable bonds is 7. The average Bonchev–Trinajstić information content (AvgIpc) is 3.03. The van der Waals surface area contributed by atoms with Gasteiger partial charge in [-0.15, -0.1) is 11.3 Å². The summed E-state index contributed by atoms with van der Waals surface area (Å²) in [5, 5.41) is 7.07. The lowest BCUT2D eigenvalue weighted by atomic mass is 10.1. The Morgan fingerprint density at radius 1 is 1.55 bits per heavy atom. The molecule has 20 heavy (non-hydrogen) atoms. The van der Waals surface area contributed by atoms with E-state index in [4.69, 9.17) is 17.4 Å². The normalized spacial score (nSPS) is 13.1. The zero-order chi connectivity index (χ0) is 14.5. The van der Waals surface area contributed by atoms with Crippen LogP contribution in [0, 0.1) is 0 Å². The predicted molar refractivity (Wildman–Crippen MR) is 83.9 cm³/mol. The van der Waals surface area contributed by atoms with Crippen LogP contribution in [0.3, 0.4) is 0 Å². The van der Waals surface area contributed by atoms with Crippen LogP contribution in [0.15, 0.2) is 23.7 Å². The van der Waals surface area contributed by atoms with Gasteiger partial charge in [-0.25, -0.2) is 0 Å². The molecule has 0 saturated heterocycles. The number of likely N-dealkylation sites (N-methyl/N-ethyl adjacent to an activating group) is 1. The third-order valence-corrected chi connectivity index (χ3v) is 4.30. The highest BCUT2D eigenvalue weighted by Gasteiger charge is 2.20. The van der Waals surface area contributed by atoms with Crippen molar-refractivity contribution in [2.75, 3.05) is 20.6 Å². The standard InChI is InChI=1S/C13H20ClN5S/c1-18(2)5-6-19-13(11(14)9-16-19)12(17-15)8-10-4-3-7-20-10/h3-4,7,9,12,17H,5-6,8,15H2,1-2H3. The van der Waals surface area contributed by atoms with Crippen molar-refractivity contribution in [3.8, 4) is 0 Å². The summed E-state index contributed by atoms with van der Waals surface area (Å²) in [4.78, 5) is 3.38. The molecule has 3 N–H and O–H groups in total. The van der Waals surface area contributed by atoms with E-state index in [0.29, 0.717) is 5.02 Å². The van der Waals surface area contributed by atoms with E-state index >= 15 is 0 Å². The van der Waals surface area contributed by atoms with E-state index in [1.807, 2.05) is 24.8 Å². The molecule has 110 valence electrons. The van der Waals surface area contributed by atoms with Gasteiger partial charge in [0.1, 0.15) is 0 Å². The van der Waals surface area contributed by atoms with Gasteiger partial charge < -0.3 is 4.90 Å². The first kappa shape index (κ1) is 15.5. The number of nitrogens with two attached hydrogens (primary N) is 1. The Balaban J connectivity index is 2.17. The van der Waals surface area contributed by atoms with Crippen molar-refractivity contribution in [1.29, 1.82) is 0 Å². The van der Waals surface area contributed by atoms with Crippen LogP contribution in [-0.4, -0.2) is 35.3 Å². The van der Waals surface area contributed by atoms with Gasteiger partial charge in [0.25, 0.3) is 0 Å². The van der Waals surface area contributed by atoms with Crippen molar-refractivity contribution in [2.24, 2.45) is 5.84 Å². The van der Waals surface area contributed by atoms with Crippen LogP contribution in [0.2, 0.25) is 5.02 Å². The number of hydrogen-bond acceptors (Lipinski definition) is 5. The molecule has 0 aromatic carbocycles. The molecule has 0 radical (unpaired) electrons. The SMILES string of the molecule is CN(C)CCn1ncc(Cl)c1C(Cc1cccs1)NN. The second kappa shape index (κ2) is 7.19. The largest absolute Gasteiger partial charge is 0.308 e. The molecule has 1 unspecified atom stereocenters. The topological polar surface area (TPSA) is 59.1 Å². The summed E-state index contributed by atoms with van der Waals surface area (Å²) in [6.07, 6.45) is 2.49. The Bertz CT molecular complexity index is 523. The Morgan fingerprint density at radius 3 is 2.95 bits per heavy atom. The highest BCUT2D eigenvalue weighted by atomic mass is 35.5. The van der Waals surface area contributed by atoms with Gasteiger partial charge in [-0.2, -0.15) is 5.10 Å². The molecule has 0 saturated carbocycles. The summed E-state index contributed by atoms with van der Waals surface area (Å²) >= 11 is 8.00. The maximum atomic E-state index is 6.28. The Hall–Kier alpha value is -0.920. The number of nitrogens with zero attached hydrogens (tertiary/aromatic N) is 3. The fourth-order valence-electron chi connectivity index (χ4n) is 2.06. The monoisotopic (exact) mass is 313 g/mol. The van der Waals surface area contributed by atoms with E-state index in [9.17, 15) is 0 Å². The zero-order valence-electron chi connectivity index (χ0n) is 11.7. The summed E-state index contributed by atoms with van der Waals surface area (Å²) in [6.45, 7) is 1.69. The van der Waals surface area contributed by atoms with Crippen molar-refractivity contribution < 1.29 is 0 Å². The van der Waals surface area contributed by atoms with Gasteiger partial charge in [0.2, 0.25) is 0 Å². The van der Waals surface area contributed by atoms with Crippen LogP contribution >= 0.6 is 22.9 Å². The van der Waals surface area contributed by atoms with Gasteiger partial charge in [0.15, 0.2) is 0 Å². The molecule has 0 bridgehead atoms. The molecule has 0 aliphatic carbocycles. The summed E-state index contributed by atoms with van der Waals surface area (Å²) in [7, 11) is 4.07. The lowest BCUT2D eigenvalue weighted by Gasteiger charge is -2.19. The molecule has 0 aliphatic heterocycles. The first-order valence-electron chi connectivity index (χ1n) is 6.46. The maximum Gasteiger partial charge on any atom is 0.0834 e. The predicted octanol–water partition coefficient (Wildman–Crippen LogP) is 1.91. The summed E-state index contributed by atoms with van der Waals surface area (Å²) in [6, 6.07) is 4.10.